The van der Waals surface area contributed by atoms with Crippen LogP contribution >= 0.6 is 0 Å². The molecule has 0 bridgehead atoms. The molecule has 2 heteroatoms. The van der Waals surface area contributed by atoms with Crippen LogP contribution in [0.3, 0.4) is 0 Å². The van der Waals surface area contributed by atoms with E-state index in [1.807, 2.05) is 0 Å². The number of benzene rings is 1. The van der Waals surface area contributed by atoms with E-state index in [9.17, 15) is 8.78 Å². The van der Waals surface area contributed by atoms with Crippen LogP contribution in [0.5, 0.6) is 0 Å². The van der Waals surface area contributed by atoms with Crippen LogP contribution in [0.15, 0.2) is 35.9 Å². The van der Waals surface area contributed by atoms with Gasteiger partial charge in [-0.3, -0.25) is 0 Å². The van der Waals surface area contributed by atoms with Crippen molar-refractivity contribution in [3.8, 4) is 0 Å². The first-order valence-corrected chi connectivity index (χ1v) is 15.5. The fourth-order valence-corrected chi connectivity index (χ4v) is 6.34. The SMILES string of the molecule is CCCCCCCCCCc1c(F)cc(C2C=CC(C3CCC(CCCCCC)CC3)=CC2)cc1F. The van der Waals surface area contributed by atoms with Gasteiger partial charge in [0.25, 0.3) is 0 Å². The highest BCUT2D eigenvalue weighted by atomic mass is 19.1. The third-order valence-electron chi connectivity index (χ3n) is 8.78. The van der Waals surface area contributed by atoms with Crippen LogP contribution in [0.4, 0.5) is 8.78 Å². The number of unbranched alkanes of at least 4 members (excludes halogenated alkanes) is 10. The van der Waals surface area contributed by atoms with Crippen LogP contribution < -0.4 is 0 Å². The lowest BCUT2D eigenvalue weighted by molar-refractivity contribution is 0.283. The normalized spacial score (nSPS) is 22.1. The second kappa shape index (κ2) is 16.4. The fraction of sp³-hybridized carbons (Fsp3) is 0.706. The number of halogens is 2. The fourth-order valence-electron chi connectivity index (χ4n) is 6.34. The maximum atomic E-state index is 14.8. The van der Waals surface area contributed by atoms with Gasteiger partial charge < -0.3 is 0 Å². The van der Waals surface area contributed by atoms with Crippen molar-refractivity contribution in [1.82, 2.24) is 0 Å². The molecule has 0 aliphatic heterocycles. The monoisotopic (exact) mass is 498 g/mol. The number of hydrogen-bond donors (Lipinski definition) is 0. The van der Waals surface area contributed by atoms with Gasteiger partial charge in [-0.05, 0) is 80.1 Å². The Morgan fingerprint density at radius 1 is 0.722 bits per heavy atom. The molecule has 3 rings (SSSR count). The summed E-state index contributed by atoms with van der Waals surface area (Å²) < 4.78 is 29.7. The standard InChI is InChI=1S/C34H52F2/c1-3-5-7-9-10-11-12-14-16-32-33(35)25-31(26-34(32)36)30-23-21-29(22-24-30)28-19-17-27(18-20-28)15-13-8-6-4-2/h21-23,25-28,30H,3-20,24H2,1-2H3. The molecule has 1 fully saturated rings. The molecular weight excluding hydrogens is 446 g/mol. The highest BCUT2D eigenvalue weighted by Crippen LogP contribution is 2.39. The lowest BCUT2D eigenvalue weighted by atomic mass is 9.75. The zero-order valence-electron chi connectivity index (χ0n) is 23.3. The molecular formula is C34H52F2. The molecule has 1 aromatic rings. The van der Waals surface area contributed by atoms with E-state index in [4.69, 9.17) is 0 Å². The van der Waals surface area contributed by atoms with E-state index in [0.29, 0.717) is 12.3 Å². The molecule has 1 unspecified atom stereocenters. The summed E-state index contributed by atoms with van der Waals surface area (Å²) in [5, 5.41) is 0. The van der Waals surface area contributed by atoms with Crippen LogP contribution in [0.25, 0.3) is 0 Å². The molecule has 36 heavy (non-hydrogen) atoms. The minimum atomic E-state index is -0.353. The van der Waals surface area contributed by atoms with Gasteiger partial charge in [0.2, 0.25) is 0 Å². The van der Waals surface area contributed by atoms with E-state index in [2.05, 4.69) is 32.1 Å². The summed E-state index contributed by atoms with van der Waals surface area (Å²) in [4.78, 5) is 0. The summed E-state index contributed by atoms with van der Waals surface area (Å²) in [6.07, 6.45) is 29.9. The van der Waals surface area contributed by atoms with Crippen molar-refractivity contribution in [2.24, 2.45) is 11.8 Å². The van der Waals surface area contributed by atoms with Gasteiger partial charge >= 0.3 is 0 Å². The summed E-state index contributed by atoms with van der Waals surface area (Å²) in [5.41, 5.74) is 2.53. The Kier molecular flexibility index (Phi) is 13.3. The van der Waals surface area contributed by atoms with Crippen molar-refractivity contribution in [1.29, 1.82) is 0 Å². The molecule has 1 aromatic carbocycles. The maximum absolute atomic E-state index is 14.8. The minimum absolute atomic E-state index is 0.0878. The van der Waals surface area contributed by atoms with Crippen LogP contribution in [0.2, 0.25) is 0 Å². The van der Waals surface area contributed by atoms with E-state index in [0.717, 1.165) is 30.7 Å². The molecule has 0 nitrogen and oxygen atoms in total. The molecule has 2 aliphatic carbocycles. The molecule has 0 amide bonds. The summed E-state index contributed by atoms with van der Waals surface area (Å²) in [5.74, 6) is 0.984. The summed E-state index contributed by atoms with van der Waals surface area (Å²) >= 11 is 0. The lowest BCUT2D eigenvalue weighted by Crippen LogP contribution is -2.17. The average Bonchev–Trinajstić information content (AvgIpc) is 2.90. The average molecular weight is 499 g/mol. The van der Waals surface area contributed by atoms with Crippen molar-refractivity contribution in [3.05, 3.63) is 58.7 Å². The Balaban J connectivity index is 1.41. The number of rotatable bonds is 16. The third-order valence-corrected chi connectivity index (χ3v) is 8.78. The van der Waals surface area contributed by atoms with E-state index in [-0.39, 0.29) is 23.1 Å². The van der Waals surface area contributed by atoms with Gasteiger partial charge in [-0.2, -0.15) is 0 Å². The van der Waals surface area contributed by atoms with Crippen molar-refractivity contribution in [2.45, 2.75) is 142 Å². The summed E-state index contributed by atoms with van der Waals surface area (Å²) in [6.45, 7) is 4.51. The molecule has 2 aliphatic rings. The molecule has 1 saturated carbocycles. The van der Waals surface area contributed by atoms with Crippen LogP contribution in [0, 0.1) is 23.5 Å². The van der Waals surface area contributed by atoms with E-state index in [1.54, 1.807) is 12.1 Å². The zero-order chi connectivity index (χ0) is 25.6. The Labute approximate surface area is 221 Å². The van der Waals surface area contributed by atoms with E-state index < -0.39 is 0 Å². The first-order chi connectivity index (χ1) is 17.6. The third kappa shape index (κ3) is 9.46. The molecule has 202 valence electrons. The van der Waals surface area contributed by atoms with Crippen LogP contribution in [0.1, 0.15) is 146 Å². The molecule has 1 atom stereocenters. The first kappa shape index (κ1) is 29.1. The topological polar surface area (TPSA) is 0 Å². The van der Waals surface area contributed by atoms with Crippen molar-refractivity contribution >= 4 is 0 Å². The van der Waals surface area contributed by atoms with Crippen molar-refractivity contribution in [3.63, 3.8) is 0 Å². The molecule has 0 radical (unpaired) electrons. The number of hydrogen-bond acceptors (Lipinski definition) is 0. The molecule has 0 aromatic heterocycles. The van der Waals surface area contributed by atoms with E-state index in [1.165, 1.54) is 102 Å². The predicted octanol–water partition coefficient (Wildman–Crippen LogP) is 11.4. The molecule has 0 heterocycles. The van der Waals surface area contributed by atoms with E-state index >= 15 is 0 Å². The maximum Gasteiger partial charge on any atom is 0.129 e. The molecule has 0 spiro atoms. The van der Waals surface area contributed by atoms with Crippen LogP contribution in [-0.2, 0) is 6.42 Å². The Hall–Kier alpha value is -1.44. The van der Waals surface area contributed by atoms with Gasteiger partial charge in [-0.15, -0.1) is 0 Å². The largest absolute Gasteiger partial charge is 0.207 e. The Morgan fingerprint density at radius 3 is 1.89 bits per heavy atom. The molecule has 0 saturated heterocycles. The predicted molar refractivity (Wildman–Crippen MR) is 151 cm³/mol. The van der Waals surface area contributed by atoms with Gasteiger partial charge in [-0.25, -0.2) is 8.78 Å². The Bertz CT molecular complexity index is 789. The van der Waals surface area contributed by atoms with Crippen molar-refractivity contribution < 1.29 is 8.78 Å². The smallest absolute Gasteiger partial charge is 0.129 e. The highest BCUT2D eigenvalue weighted by molar-refractivity contribution is 5.36. The van der Waals surface area contributed by atoms with Crippen molar-refractivity contribution in [2.75, 3.05) is 0 Å². The lowest BCUT2D eigenvalue weighted by Gasteiger charge is -2.31. The van der Waals surface area contributed by atoms with Gasteiger partial charge in [0.05, 0.1) is 0 Å². The van der Waals surface area contributed by atoms with Gasteiger partial charge in [0, 0.05) is 11.5 Å². The van der Waals surface area contributed by atoms with Gasteiger partial charge in [-0.1, -0.05) is 109 Å². The quantitative estimate of drug-likeness (QED) is 0.199. The second-order valence-corrected chi connectivity index (χ2v) is 11.7. The summed E-state index contributed by atoms with van der Waals surface area (Å²) in [6, 6.07) is 3.20. The van der Waals surface area contributed by atoms with Gasteiger partial charge in [0.15, 0.2) is 0 Å². The zero-order valence-corrected chi connectivity index (χ0v) is 23.3. The number of allylic oxidation sites excluding steroid dienone is 4. The molecule has 0 N–H and O–H groups in total. The highest BCUT2D eigenvalue weighted by Gasteiger charge is 2.24. The second-order valence-electron chi connectivity index (χ2n) is 11.7. The minimum Gasteiger partial charge on any atom is -0.207 e. The van der Waals surface area contributed by atoms with Gasteiger partial charge in [0.1, 0.15) is 11.6 Å². The summed E-state index contributed by atoms with van der Waals surface area (Å²) in [7, 11) is 0. The first-order valence-electron chi connectivity index (χ1n) is 15.5. The van der Waals surface area contributed by atoms with Crippen LogP contribution in [-0.4, -0.2) is 0 Å². The Morgan fingerprint density at radius 2 is 1.31 bits per heavy atom.